The van der Waals surface area contributed by atoms with Gasteiger partial charge in [-0.15, -0.1) is 0 Å². The molecule has 1 aromatic heterocycles. The summed E-state index contributed by atoms with van der Waals surface area (Å²) in [5.41, 5.74) is 2.25. The van der Waals surface area contributed by atoms with Crippen molar-refractivity contribution in [2.45, 2.75) is 20.4 Å². The Labute approximate surface area is 180 Å². The summed E-state index contributed by atoms with van der Waals surface area (Å²) in [4.78, 5) is 36.2. The van der Waals surface area contributed by atoms with E-state index in [2.05, 4.69) is 10.6 Å². The lowest BCUT2D eigenvalue weighted by atomic mass is 10.2. The van der Waals surface area contributed by atoms with Crippen molar-refractivity contribution in [3.05, 3.63) is 84.2 Å². The van der Waals surface area contributed by atoms with Gasteiger partial charge in [-0.05, 0) is 68.4 Å². The predicted octanol–water partition coefficient (Wildman–Crippen LogP) is 3.47. The van der Waals surface area contributed by atoms with Gasteiger partial charge in [0.2, 0.25) is 6.54 Å². The number of nitrogens with one attached hydrogen (secondary N) is 2. The lowest BCUT2D eigenvalue weighted by Crippen LogP contribution is -2.40. The van der Waals surface area contributed by atoms with Gasteiger partial charge in [-0.1, -0.05) is 0 Å². The first-order valence-electron chi connectivity index (χ1n) is 9.89. The molecule has 2 aromatic carbocycles. The number of Topliss-reactive ketones (excluding diaryl/α,β-unsaturated/α-hetero) is 1. The molecule has 0 aliphatic heterocycles. The van der Waals surface area contributed by atoms with Gasteiger partial charge in [0, 0.05) is 23.0 Å². The van der Waals surface area contributed by atoms with Crippen LogP contribution in [0.2, 0.25) is 0 Å². The van der Waals surface area contributed by atoms with Gasteiger partial charge in [0.05, 0.1) is 12.2 Å². The average Bonchev–Trinajstić information content (AvgIpc) is 2.76. The normalized spacial score (nSPS) is 10.3. The average molecular weight is 418 g/mol. The fourth-order valence-corrected chi connectivity index (χ4v) is 2.90. The lowest BCUT2D eigenvalue weighted by molar-refractivity contribution is -0.684. The summed E-state index contributed by atoms with van der Waals surface area (Å²) in [5.74, 6) is 0.191. The van der Waals surface area contributed by atoms with Crippen molar-refractivity contribution >= 4 is 29.0 Å². The second-order valence-corrected chi connectivity index (χ2v) is 6.86. The summed E-state index contributed by atoms with van der Waals surface area (Å²) >= 11 is 0. The van der Waals surface area contributed by atoms with Gasteiger partial charge >= 0.3 is 0 Å². The SMILES string of the molecule is CCOc1ccc(NC(=O)c2ccc(NC(=O)C[n+]3cccc(C(C)=O)c3)cc2)cc1. The van der Waals surface area contributed by atoms with Crippen LogP contribution in [-0.4, -0.2) is 24.2 Å². The molecule has 2 amide bonds. The molecule has 7 nitrogen and oxygen atoms in total. The molecule has 31 heavy (non-hydrogen) atoms. The molecule has 1 heterocycles. The van der Waals surface area contributed by atoms with E-state index in [9.17, 15) is 14.4 Å². The van der Waals surface area contributed by atoms with Crippen LogP contribution in [0.5, 0.6) is 5.75 Å². The Hall–Kier alpha value is -4.00. The molecule has 0 fully saturated rings. The number of carbonyl (C=O) groups is 3. The number of nitrogens with zero attached hydrogens (tertiary/aromatic N) is 1. The zero-order chi connectivity index (χ0) is 22.2. The van der Waals surface area contributed by atoms with Crippen LogP contribution in [0.3, 0.4) is 0 Å². The van der Waals surface area contributed by atoms with E-state index in [-0.39, 0.29) is 24.1 Å². The van der Waals surface area contributed by atoms with Gasteiger partial charge in [-0.2, -0.15) is 4.57 Å². The van der Waals surface area contributed by atoms with E-state index in [1.165, 1.54) is 6.92 Å². The lowest BCUT2D eigenvalue weighted by Gasteiger charge is -2.08. The Morgan fingerprint density at radius 3 is 2.16 bits per heavy atom. The minimum Gasteiger partial charge on any atom is -0.494 e. The molecule has 0 unspecified atom stereocenters. The van der Waals surface area contributed by atoms with Crippen LogP contribution in [0.4, 0.5) is 11.4 Å². The van der Waals surface area contributed by atoms with Crippen molar-refractivity contribution in [2.75, 3.05) is 17.2 Å². The smallest absolute Gasteiger partial charge is 0.290 e. The zero-order valence-corrected chi connectivity index (χ0v) is 17.4. The highest BCUT2D eigenvalue weighted by atomic mass is 16.5. The number of aromatic nitrogens is 1. The Morgan fingerprint density at radius 1 is 0.871 bits per heavy atom. The molecule has 0 aliphatic rings. The molecule has 0 atom stereocenters. The number of anilines is 2. The van der Waals surface area contributed by atoms with Crippen molar-refractivity contribution in [3.63, 3.8) is 0 Å². The molecule has 0 radical (unpaired) electrons. The zero-order valence-electron chi connectivity index (χ0n) is 17.4. The summed E-state index contributed by atoms with van der Waals surface area (Å²) in [6.45, 7) is 4.04. The van der Waals surface area contributed by atoms with Crippen molar-refractivity contribution < 1.29 is 23.7 Å². The molecule has 0 spiro atoms. The first-order chi connectivity index (χ1) is 14.9. The monoisotopic (exact) mass is 418 g/mol. The highest BCUT2D eigenvalue weighted by Crippen LogP contribution is 2.17. The van der Waals surface area contributed by atoms with Gasteiger partial charge < -0.3 is 15.4 Å². The molecule has 3 rings (SSSR count). The van der Waals surface area contributed by atoms with Crippen LogP contribution < -0.4 is 19.9 Å². The number of ketones is 1. The summed E-state index contributed by atoms with van der Waals surface area (Å²) in [7, 11) is 0. The second kappa shape index (κ2) is 10.2. The summed E-state index contributed by atoms with van der Waals surface area (Å²) < 4.78 is 7.03. The van der Waals surface area contributed by atoms with Crippen LogP contribution in [0.1, 0.15) is 34.6 Å². The highest BCUT2D eigenvalue weighted by Gasteiger charge is 2.13. The molecule has 0 saturated heterocycles. The second-order valence-electron chi connectivity index (χ2n) is 6.86. The number of rotatable bonds is 8. The van der Waals surface area contributed by atoms with Crippen molar-refractivity contribution in [1.82, 2.24) is 0 Å². The molecule has 0 bridgehead atoms. The van der Waals surface area contributed by atoms with Gasteiger partial charge in [-0.3, -0.25) is 14.4 Å². The van der Waals surface area contributed by atoms with E-state index in [1.54, 1.807) is 77.6 Å². The number of pyridine rings is 1. The number of ether oxygens (including phenoxy) is 1. The Bertz CT molecular complexity index is 1080. The van der Waals surface area contributed by atoms with E-state index < -0.39 is 0 Å². The molecular formula is C24H24N3O4+. The van der Waals surface area contributed by atoms with Crippen LogP contribution in [-0.2, 0) is 11.3 Å². The number of hydrogen-bond acceptors (Lipinski definition) is 4. The van der Waals surface area contributed by atoms with Crippen LogP contribution in [0.25, 0.3) is 0 Å². The third-order valence-electron chi connectivity index (χ3n) is 4.44. The van der Waals surface area contributed by atoms with Crippen LogP contribution in [0.15, 0.2) is 73.1 Å². The standard InChI is InChI=1S/C24H23N3O4/c1-3-31-22-12-10-21(11-13-22)26-24(30)18-6-8-20(9-7-18)25-23(29)16-27-14-4-5-19(15-27)17(2)28/h4-15H,3,16H2,1-2H3,(H-,25,26,29,30)/p+1. The first kappa shape index (κ1) is 21.7. The van der Waals surface area contributed by atoms with E-state index in [0.29, 0.717) is 29.1 Å². The molecule has 0 aliphatic carbocycles. The van der Waals surface area contributed by atoms with Crippen LogP contribution >= 0.6 is 0 Å². The highest BCUT2D eigenvalue weighted by molar-refractivity contribution is 6.04. The van der Waals surface area contributed by atoms with E-state index >= 15 is 0 Å². The fraction of sp³-hybridized carbons (Fsp3) is 0.167. The van der Waals surface area contributed by atoms with Gasteiger partial charge in [0.25, 0.3) is 11.8 Å². The molecule has 158 valence electrons. The van der Waals surface area contributed by atoms with Crippen LogP contribution in [0, 0.1) is 0 Å². The minimum absolute atomic E-state index is 0.0612. The van der Waals surface area contributed by atoms with E-state index in [4.69, 9.17) is 4.74 Å². The Balaban J connectivity index is 1.56. The predicted molar refractivity (Wildman–Crippen MR) is 117 cm³/mol. The Morgan fingerprint density at radius 2 is 1.52 bits per heavy atom. The number of hydrogen-bond donors (Lipinski definition) is 2. The number of amides is 2. The topological polar surface area (TPSA) is 88.4 Å². The summed E-state index contributed by atoms with van der Waals surface area (Å²) in [5, 5.41) is 5.60. The maximum absolute atomic E-state index is 12.4. The van der Waals surface area contributed by atoms with E-state index in [1.807, 2.05) is 6.92 Å². The maximum atomic E-state index is 12.4. The number of carbonyl (C=O) groups excluding carboxylic acids is 3. The largest absolute Gasteiger partial charge is 0.494 e. The molecule has 3 aromatic rings. The van der Waals surface area contributed by atoms with E-state index in [0.717, 1.165) is 5.75 Å². The molecule has 7 heteroatoms. The molecule has 2 N–H and O–H groups in total. The quantitative estimate of drug-likeness (QED) is 0.433. The maximum Gasteiger partial charge on any atom is 0.290 e. The fourth-order valence-electron chi connectivity index (χ4n) is 2.90. The summed E-state index contributed by atoms with van der Waals surface area (Å²) in [6, 6.07) is 17.2. The number of benzene rings is 2. The summed E-state index contributed by atoms with van der Waals surface area (Å²) in [6.07, 6.45) is 3.36. The van der Waals surface area contributed by atoms with Crippen molar-refractivity contribution in [1.29, 1.82) is 0 Å². The van der Waals surface area contributed by atoms with Crippen molar-refractivity contribution in [3.8, 4) is 5.75 Å². The van der Waals surface area contributed by atoms with Gasteiger partial charge in [0.1, 0.15) is 5.75 Å². The Kier molecular flexibility index (Phi) is 7.11. The third-order valence-corrected chi connectivity index (χ3v) is 4.44. The third kappa shape index (κ3) is 6.24. The molecular weight excluding hydrogens is 394 g/mol. The van der Waals surface area contributed by atoms with Gasteiger partial charge in [0.15, 0.2) is 18.2 Å². The van der Waals surface area contributed by atoms with Crippen molar-refractivity contribution in [2.24, 2.45) is 0 Å². The minimum atomic E-state index is -0.251. The molecule has 0 saturated carbocycles. The first-order valence-corrected chi connectivity index (χ1v) is 9.89. The van der Waals surface area contributed by atoms with Gasteiger partial charge in [-0.25, -0.2) is 0 Å².